The third-order valence-electron chi connectivity index (χ3n) is 3.24. The van der Waals surface area contributed by atoms with E-state index in [1.165, 1.54) is 18.2 Å². The monoisotopic (exact) mass is 389 g/mol. The zero-order valence-corrected chi connectivity index (χ0v) is 13.5. The van der Waals surface area contributed by atoms with E-state index in [9.17, 15) is 22.4 Å². The van der Waals surface area contributed by atoms with E-state index in [1.807, 2.05) is 0 Å². The van der Waals surface area contributed by atoms with Crippen LogP contribution in [0.25, 0.3) is 0 Å². The van der Waals surface area contributed by atoms with Crippen molar-refractivity contribution in [2.75, 3.05) is 0 Å². The normalized spacial score (nSPS) is 12.8. The molecule has 2 aromatic carbocycles. The third-order valence-corrected chi connectivity index (χ3v) is 3.89. The van der Waals surface area contributed by atoms with Gasteiger partial charge < -0.3 is 5.32 Å². The predicted molar refractivity (Wildman–Crippen MR) is 81.4 cm³/mol. The molecule has 0 heterocycles. The first-order valence-electron chi connectivity index (χ1n) is 6.61. The van der Waals surface area contributed by atoms with Gasteiger partial charge >= 0.3 is 6.18 Å². The Bertz CT molecular complexity index is 730. The highest BCUT2D eigenvalue weighted by Gasteiger charge is 2.30. The number of halogens is 5. The van der Waals surface area contributed by atoms with Crippen LogP contribution in [0.2, 0.25) is 0 Å². The van der Waals surface area contributed by atoms with E-state index in [1.54, 1.807) is 6.92 Å². The Hall–Kier alpha value is -1.89. The first kappa shape index (κ1) is 17.5. The molecule has 0 saturated carbocycles. The fourth-order valence-electron chi connectivity index (χ4n) is 2.02. The smallest absolute Gasteiger partial charge is 0.345 e. The minimum absolute atomic E-state index is 0.199. The molecule has 0 radical (unpaired) electrons. The second-order valence-corrected chi connectivity index (χ2v) is 5.80. The molecule has 122 valence electrons. The van der Waals surface area contributed by atoms with Gasteiger partial charge in [0.05, 0.1) is 17.2 Å². The molecular formula is C16H12BrF4NO. The maximum atomic E-state index is 13.0. The topological polar surface area (TPSA) is 29.1 Å². The fourth-order valence-corrected chi connectivity index (χ4v) is 2.55. The second kappa shape index (κ2) is 6.70. The summed E-state index contributed by atoms with van der Waals surface area (Å²) >= 11 is 3.08. The average molecular weight is 390 g/mol. The van der Waals surface area contributed by atoms with Crippen molar-refractivity contribution >= 4 is 21.8 Å². The molecule has 0 spiro atoms. The van der Waals surface area contributed by atoms with Crippen LogP contribution in [0, 0.1) is 5.82 Å². The molecule has 0 fully saturated rings. The van der Waals surface area contributed by atoms with Gasteiger partial charge in [0.15, 0.2) is 0 Å². The molecular weight excluding hydrogens is 378 g/mol. The quantitative estimate of drug-likeness (QED) is 0.727. The lowest BCUT2D eigenvalue weighted by Gasteiger charge is -2.16. The van der Waals surface area contributed by atoms with Crippen LogP contribution in [-0.2, 0) is 6.18 Å². The number of hydrogen-bond acceptors (Lipinski definition) is 1. The van der Waals surface area contributed by atoms with Crippen molar-refractivity contribution < 1.29 is 22.4 Å². The van der Waals surface area contributed by atoms with Gasteiger partial charge in [-0.1, -0.05) is 12.1 Å². The zero-order valence-electron chi connectivity index (χ0n) is 11.9. The number of alkyl halides is 3. The number of benzene rings is 2. The molecule has 0 aliphatic heterocycles. The Balaban J connectivity index is 2.18. The van der Waals surface area contributed by atoms with E-state index in [0.717, 1.165) is 24.3 Å². The highest BCUT2D eigenvalue weighted by molar-refractivity contribution is 9.10. The molecule has 2 nitrogen and oxygen atoms in total. The molecule has 2 aromatic rings. The van der Waals surface area contributed by atoms with E-state index in [0.29, 0.717) is 5.56 Å². The van der Waals surface area contributed by atoms with Crippen LogP contribution in [0.3, 0.4) is 0 Å². The largest absolute Gasteiger partial charge is 0.416 e. The fraction of sp³-hybridized carbons (Fsp3) is 0.188. The maximum Gasteiger partial charge on any atom is 0.416 e. The number of nitrogens with one attached hydrogen (secondary N) is 1. The lowest BCUT2D eigenvalue weighted by molar-refractivity contribution is -0.137. The standard InChI is InChI=1S/C16H12BrF4NO/c1-9(10-3-2-4-11(7-10)16(19,20)21)22-15(23)13-6-5-12(18)8-14(13)17/h2-9H,1H3,(H,22,23). The van der Waals surface area contributed by atoms with Gasteiger partial charge in [0, 0.05) is 4.47 Å². The van der Waals surface area contributed by atoms with Gasteiger partial charge in [-0.05, 0) is 58.7 Å². The van der Waals surface area contributed by atoms with E-state index < -0.39 is 29.5 Å². The second-order valence-electron chi connectivity index (χ2n) is 4.94. The first-order valence-corrected chi connectivity index (χ1v) is 7.41. The van der Waals surface area contributed by atoms with E-state index in [-0.39, 0.29) is 10.0 Å². The third kappa shape index (κ3) is 4.31. The predicted octanol–water partition coefficient (Wildman–Crippen LogP) is 5.10. The lowest BCUT2D eigenvalue weighted by atomic mass is 10.0. The van der Waals surface area contributed by atoms with Crippen molar-refractivity contribution in [3.8, 4) is 0 Å². The summed E-state index contributed by atoms with van der Waals surface area (Å²) in [5.74, 6) is -1.01. The van der Waals surface area contributed by atoms with Gasteiger partial charge in [0.2, 0.25) is 0 Å². The zero-order chi connectivity index (χ0) is 17.2. The molecule has 0 aliphatic carbocycles. The van der Waals surface area contributed by atoms with Crippen LogP contribution in [-0.4, -0.2) is 5.91 Å². The van der Waals surface area contributed by atoms with Crippen LogP contribution in [0.4, 0.5) is 17.6 Å². The molecule has 1 amide bonds. The average Bonchev–Trinajstić information content (AvgIpc) is 2.46. The summed E-state index contributed by atoms with van der Waals surface area (Å²) in [6, 6.07) is 7.68. The minimum atomic E-state index is -4.44. The Morgan fingerprint density at radius 3 is 2.48 bits per heavy atom. The highest BCUT2D eigenvalue weighted by Crippen LogP contribution is 2.30. The van der Waals surface area contributed by atoms with Gasteiger partial charge in [-0.3, -0.25) is 4.79 Å². The summed E-state index contributed by atoms with van der Waals surface area (Å²) in [6.07, 6.45) is -4.44. The number of carbonyl (C=O) groups is 1. The van der Waals surface area contributed by atoms with Gasteiger partial charge in [-0.2, -0.15) is 13.2 Å². The van der Waals surface area contributed by atoms with Gasteiger partial charge in [0.25, 0.3) is 5.91 Å². The maximum absolute atomic E-state index is 13.0. The van der Waals surface area contributed by atoms with E-state index in [4.69, 9.17) is 0 Å². The molecule has 0 bridgehead atoms. The van der Waals surface area contributed by atoms with Gasteiger partial charge in [0.1, 0.15) is 5.82 Å². The van der Waals surface area contributed by atoms with Crippen LogP contribution in [0.1, 0.15) is 34.5 Å². The van der Waals surface area contributed by atoms with Crippen LogP contribution < -0.4 is 5.32 Å². The van der Waals surface area contributed by atoms with Gasteiger partial charge in [-0.15, -0.1) is 0 Å². The number of rotatable bonds is 3. The summed E-state index contributed by atoms with van der Waals surface area (Å²) < 4.78 is 51.5. The van der Waals surface area contributed by atoms with Crippen molar-refractivity contribution in [2.45, 2.75) is 19.1 Å². The Kier molecular flexibility index (Phi) is 5.09. The summed E-state index contributed by atoms with van der Waals surface area (Å²) in [4.78, 5) is 12.2. The summed E-state index contributed by atoms with van der Waals surface area (Å²) in [6.45, 7) is 1.57. The summed E-state index contributed by atoms with van der Waals surface area (Å²) in [5.41, 5.74) is -0.254. The molecule has 0 saturated heterocycles. The van der Waals surface area contributed by atoms with Crippen molar-refractivity contribution in [1.29, 1.82) is 0 Å². The van der Waals surface area contributed by atoms with Crippen LogP contribution in [0.5, 0.6) is 0 Å². The van der Waals surface area contributed by atoms with Crippen molar-refractivity contribution in [1.82, 2.24) is 5.32 Å². The van der Waals surface area contributed by atoms with Crippen molar-refractivity contribution in [3.63, 3.8) is 0 Å². The molecule has 7 heteroatoms. The minimum Gasteiger partial charge on any atom is -0.345 e. The molecule has 0 aromatic heterocycles. The van der Waals surface area contributed by atoms with E-state index in [2.05, 4.69) is 21.2 Å². The summed E-state index contributed by atoms with van der Waals surface area (Å²) in [7, 11) is 0. The Morgan fingerprint density at radius 1 is 1.17 bits per heavy atom. The Labute approximate surface area is 138 Å². The number of amides is 1. The summed E-state index contributed by atoms with van der Waals surface area (Å²) in [5, 5.41) is 2.59. The SMILES string of the molecule is CC(NC(=O)c1ccc(F)cc1Br)c1cccc(C(F)(F)F)c1. The molecule has 0 aliphatic rings. The molecule has 23 heavy (non-hydrogen) atoms. The molecule has 1 N–H and O–H groups in total. The van der Waals surface area contributed by atoms with Crippen LogP contribution >= 0.6 is 15.9 Å². The highest BCUT2D eigenvalue weighted by atomic mass is 79.9. The van der Waals surface area contributed by atoms with E-state index >= 15 is 0 Å². The first-order chi connectivity index (χ1) is 10.7. The number of carbonyl (C=O) groups excluding carboxylic acids is 1. The van der Waals surface area contributed by atoms with Gasteiger partial charge in [-0.25, -0.2) is 4.39 Å². The van der Waals surface area contributed by atoms with Crippen molar-refractivity contribution in [2.24, 2.45) is 0 Å². The lowest BCUT2D eigenvalue weighted by Crippen LogP contribution is -2.27. The molecule has 1 unspecified atom stereocenters. The molecule has 2 rings (SSSR count). The molecule has 1 atom stereocenters. The van der Waals surface area contributed by atoms with Crippen LogP contribution in [0.15, 0.2) is 46.9 Å². The number of hydrogen-bond donors (Lipinski definition) is 1. The Morgan fingerprint density at radius 2 is 1.87 bits per heavy atom. The van der Waals surface area contributed by atoms with Crippen molar-refractivity contribution in [3.05, 3.63) is 69.4 Å².